The Hall–Kier alpha value is -1.95. The van der Waals surface area contributed by atoms with Crippen molar-refractivity contribution in [3.8, 4) is 0 Å². The topological polar surface area (TPSA) is 61.8 Å². The average Bonchev–Trinajstić information content (AvgIpc) is 2.56. The molecule has 0 fully saturated rings. The summed E-state index contributed by atoms with van der Waals surface area (Å²) in [6.07, 6.45) is 1.72. The number of benzene rings is 1. The lowest BCUT2D eigenvalue weighted by Gasteiger charge is -2.17. The summed E-state index contributed by atoms with van der Waals surface area (Å²) < 4.78 is 28.5. The van der Waals surface area contributed by atoms with Gasteiger partial charge in [-0.15, -0.1) is 0 Å². The highest BCUT2D eigenvalue weighted by Gasteiger charge is 2.22. The first-order valence-electron chi connectivity index (χ1n) is 8.27. The van der Waals surface area contributed by atoms with Gasteiger partial charge in [0, 0.05) is 13.0 Å². The van der Waals surface area contributed by atoms with Gasteiger partial charge in [-0.05, 0) is 44.4 Å². The minimum atomic E-state index is -0.865. The Morgan fingerprint density at radius 1 is 1.00 bits per heavy atom. The van der Waals surface area contributed by atoms with E-state index in [0.717, 1.165) is 6.42 Å². The lowest BCUT2D eigenvalue weighted by Crippen LogP contribution is -2.19. The fourth-order valence-corrected chi connectivity index (χ4v) is 2.14. The van der Waals surface area contributed by atoms with Gasteiger partial charge >= 0.3 is 11.9 Å². The van der Waals surface area contributed by atoms with E-state index >= 15 is 0 Å². The first kappa shape index (κ1) is 20.1. The molecule has 0 amide bonds. The molecule has 1 unspecified atom stereocenters. The molecule has 6 heteroatoms. The summed E-state index contributed by atoms with van der Waals surface area (Å²) in [6, 6.07) is 5.59. The monoisotopic (exact) mass is 340 g/mol. The molecule has 0 bridgehead atoms. The number of hydrogen-bond donors (Lipinski definition) is 0. The highest BCUT2D eigenvalue weighted by atomic mass is 19.1. The highest BCUT2D eigenvalue weighted by molar-refractivity contribution is 5.76. The molecule has 0 aliphatic rings. The maximum absolute atomic E-state index is 13.0. The van der Waals surface area contributed by atoms with Crippen molar-refractivity contribution < 1.29 is 28.2 Å². The Labute approximate surface area is 142 Å². The maximum Gasteiger partial charge on any atom is 0.339 e. The number of unbranched alkanes of at least 4 members (excludes halogenated alkanes) is 2. The average molecular weight is 340 g/mol. The number of rotatable bonds is 11. The second-order valence-electron chi connectivity index (χ2n) is 5.17. The molecule has 5 nitrogen and oxygen atoms in total. The molecule has 0 N–H and O–H groups in total. The lowest BCUT2D eigenvalue weighted by molar-refractivity contribution is -0.157. The van der Waals surface area contributed by atoms with Crippen LogP contribution in [0.15, 0.2) is 24.3 Å². The summed E-state index contributed by atoms with van der Waals surface area (Å²) in [4.78, 5) is 23.2. The van der Waals surface area contributed by atoms with Gasteiger partial charge in [-0.3, -0.25) is 4.79 Å². The molecule has 1 aromatic rings. The first-order chi connectivity index (χ1) is 11.6. The highest BCUT2D eigenvalue weighted by Crippen LogP contribution is 2.20. The SMILES string of the molecule is CCOC(=O)CCCCCOC(C(=O)OCC)c1ccc(F)cc1. The Morgan fingerprint density at radius 3 is 2.29 bits per heavy atom. The van der Waals surface area contributed by atoms with Gasteiger partial charge in [-0.25, -0.2) is 9.18 Å². The van der Waals surface area contributed by atoms with E-state index in [1.54, 1.807) is 13.8 Å². The van der Waals surface area contributed by atoms with Gasteiger partial charge in [0.2, 0.25) is 0 Å². The van der Waals surface area contributed by atoms with Crippen molar-refractivity contribution in [3.05, 3.63) is 35.6 Å². The van der Waals surface area contributed by atoms with Crippen LogP contribution in [0.1, 0.15) is 51.2 Å². The molecule has 0 spiro atoms. The molecule has 1 atom stereocenters. The molecule has 0 radical (unpaired) electrons. The van der Waals surface area contributed by atoms with Crippen LogP contribution in [0.3, 0.4) is 0 Å². The molecular weight excluding hydrogens is 315 g/mol. The Kier molecular flexibility index (Phi) is 9.68. The zero-order valence-electron chi connectivity index (χ0n) is 14.3. The normalized spacial score (nSPS) is 11.8. The Bertz CT molecular complexity index is 501. The van der Waals surface area contributed by atoms with E-state index in [2.05, 4.69) is 0 Å². The third-order valence-corrected chi connectivity index (χ3v) is 3.29. The van der Waals surface area contributed by atoms with Gasteiger partial charge in [0.15, 0.2) is 6.10 Å². The van der Waals surface area contributed by atoms with E-state index in [9.17, 15) is 14.0 Å². The fraction of sp³-hybridized carbons (Fsp3) is 0.556. The number of carbonyl (C=O) groups is 2. The summed E-state index contributed by atoms with van der Waals surface area (Å²) in [5.74, 6) is -1.06. The summed E-state index contributed by atoms with van der Waals surface area (Å²) in [6.45, 7) is 4.48. The van der Waals surface area contributed by atoms with Crippen LogP contribution < -0.4 is 0 Å². The van der Waals surface area contributed by atoms with Crippen molar-refractivity contribution in [2.24, 2.45) is 0 Å². The van der Waals surface area contributed by atoms with Gasteiger partial charge in [-0.2, -0.15) is 0 Å². The number of halogens is 1. The van der Waals surface area contributed by atoms with Crippen LogP contribution in [0.25, 0.3) is 0 Å². The predicted molar refractivity (Wildman–Crippen MR) is 86.8 cm³/mol. The van der Waals surface area contributed by atoms with Gasteiger partial charge in [-0.1, -0.05) is 18.6 Å². The van der Waals surface area contributed by atoms with E-state index in [1.807, 2.05) is 0 Å². The van der Waals surface area contributed by atoms with E-state index in [1.165, 1.54) is 24.3 Å². The van der Waals surface area contributed by atoms with E-state index in [4.69, 9.17) is 14.2 Å². The van der Waals surface area contributed by atoms with Crippen LogP contribution in [-0.4, -0.2) is 31.8 Å². The molecule has 0 aromatic heterocycles. The van der Waals surface area contributed by atoms with Crippen molar-refractivity contribution in [2.75, 3.05) is 19.8 Å². The summed E-state index contributed by atoms with van der Waals surface area (Å²) in [5, 5.41) is 0. The summed E-state index contributed by atoms with van der Waals surface area (Å²) >= 11 is 0. The third-order valence-electron chi connectivity index (χ3n) is 3.29. The fourth-order valence-electron chi connectivity index (χ4n) is 2.14. The molecule has 0 saturated carbocycles. The van der Waals surface area contributed by atoms with Crippen molar-refractivity contribution >= 4 is 11.9 Å². The minimum Gasteiger partial charge on any atom is -0.466 e. The quantitative estimate of drug-likeness (QED) is 0.455. The second kappa shape index (κ2) is 11.6. The maximum atomic E-state index is 13.0. The molecule has 1 aromatic carbocycles. The van der Waals surface area contributed by atoms with Crippen LogP contribution in [0.5, 0.6) is 0 Å². The molecule has 0 heterocycles. The molecule has 0 aliphatic carbocycles. The largest absolute Gasteiger partial charge is 0.466 e. The molecule has 24 heavy (non-hydrogen) atoms. The van der Waals surface area contributed by atoms with Crippen LogP contribution in [0, 0.1) is 5.82 Å². The Balaban J connectivity index is 2.41. The first-order valence-corrected chi connectivity index (χ1v) is 8.27. The van der Waals surface area contributed by atoms with Crippen molar-refractivity contribution in [2.45, 2.75) is 45.6 Å². The van der Waals surface area contributed by atoms with Crippen LogP contribution in [0.4, 0.5) is 4.39 Å². The van der Waals surface area contributed by atoms with E-state index in [0.29, 0.717) is 38.0 Å². The lowest BCUT2D eigenvalue weighted by atomic mass is 10.1. The minimum absolute atomic E-state index is 0.200. The van der Waals surface area contributed by atoms with Gasteiger partial charge in [0.05, 0.1) is 13.2 Å². The van der Waals surface area contributed by atoms with E-state index in [-0.39, 0.29) is 18.4 Å². The van der Waals surface area contributed by atoms with Crippen LogP contribution >= 0.6 is 0 Å². The summed E-state index contributed by atoms with van der Waals surface area (Å²) in [5.41, 5.74) is 0.557. The number of ether oxygens (including phenoxy) is 3. The number of hydrogen-bond acceptors (Lipinski definition) is 5. The molecule has 0 saturated heterocycles. The second-order valence-corrected chi connectivity index (χ2v) is 5.17. The van der Waals surface area contributed by atoms with Crippen molar-refractivity contribution in [3.63, 3.8) is 0 Å². The molecule has 1 rings (SSSR count). The zero-order chi connectivity index (χ0) is 17.8. The van der Waals surface area contributed by atoms with Crippen LogP contribution in [0.2, 0.25) is 0 Å². The number of esters is 2. The molecule has 0 aliphatic heterocycles. The van der Waals surface area contributed by atoms with Crippen LogP contribution in [-0.2, 0) is 23.8 Å². The zero-order valence-corrected chi connectivity index (χ0v) is 14.3. The predicted octanol–water partition coefficient (Wildman–Crippen LogP) is 3.57. The Morgan fingerprint density at radius 2 is 1.67 bits per heavy atom. The smallest absolute Gasteiger partial charge is 0.339 e. The summed E-state index contributed by atoms with van der Waals surface area (Å²) in [7, 11) is 0. The van der Waals surface area contributed by atoms with Crippen molar-refractivity contribution in [1.82, 2.24) is 0 Å². The van der Waals surface area contributed by atoms with E-state index < -0.39 is 12.1 Å². The van der Waals surface area contributed by atoms with Crippen molar-refractivity contribution in [1.29, 1.82) is 0 Å². The van der Waals surface area contributed by atoms with Gasteiger partial charge < -0.3 is 14.2 Å². The molecule has 134 valence electrons. The molecular formula is C18H25FO5. The van der Waals surface area contributed by atoms with Gasteiger partial charge in [0.1, 0.15) is 5.82 Å². The standard InChI is InChI=1S/C18H25FO5/c1-3-22-16(20)8-6-5-7-13-24-17(18(21)23-4-2)14-9-11-15(19)12-10-14/h9-12,17H,3-8,13H2,1-2H3. The third kappa shape index (κ3) is 7.55. The number of carbonyl (C=O) groups excluding carboxylic acids is 2. The van der Waals surface area contributed by atoms with Gasteiger partial charge in [0.25, 0.3) is 0 Å².